The lowest BCUT2D eigenvalue weighted by atomic mass is 10.0. The van der Waals surface area contributed by atoms with Crippen LogP contribution in [0.4, 0.5) is 5.69 Å². The Labute approximate surface area is 203 Å². The Morgan fingerprint density at radius 1 is 1.12 bits per heavy atom. The van der Waals surface area contributed by atoms with Gasteiger partial charge >= 0.3 is 0 Å². The average Bonchev–Trinajstić information content (AvgIpc) is 2.82. The summed E-state index contributed by atoms with van der Waals surface area (Å²) in [6.07, 6.45) is 1.18. The molecule has 1 aliphatic heterocycles. The van der Waals surface area contributed by atoms with Gasteiger partial charge in [-0.3, -0.25) is 9.69 Å². The minimum absolute atomic E-state index is 0.0256. The van der Waals surface area contributed by atoms with Gasteiger partial charge in [0.1, 0.15) is 12.7 Å². The van der Waals surface area contributed by atoms with Crippen LogP contribution in [0.2, 0.25) is 0 Å². The Bertz CT molecular complexity index is 997. The highest BCUT2D eigenvalue weighted by Crippen LogP contribution is 2.31. The number of β-amino-alcohol motifs (C(OH)–C–C–N with tert-alkyl or cyclic N) is 1. The molecule has 0 saturated carbocycles. The Kier molecular flexibility index (Phi) is 8.96. The van der Waals surface area contributed by atoms with E-state index in [0.29, 0.717) is 23.6 Å². The molecule has 0 aromatic heterocycles. The largest absolute Gasteiger partial charge is 0.493 e. The van der Waals surface area contributed by atoms with Crippen LogP contribution in [0.15, 0.2) is 48.7 Å². The highest BCUT2D eigenvalue weighted by Gasteiger charge is 2.21. The van der Waals surface area contributed by atoms with Crippen molar-refractivity contribution in [2.75, 3.05) is 65.4 Å². The summed E-state index contributed by atoms with van der Waals surface area (Å²) in [6.45, 7) is 8.08. The van der Waals surface area contributed by atoms with Gasteiger partial charge in [0, 0.05) is 64.3 Å². The number of benzene rings is 2. The fourth-order valence-electron chi connectivity index (χ4n) is 4.21. The molecule has 1 aliphatic rings. The second kappa shape index (κ2) is 11.9. The maximum absolute atomic E-state index is 12.1. The number of ketones is 1. The maximum Gasteiger partial charge on any atom is 0.161 e. The normalized spacial score (nSPS) is 15.7. The van der Waals surface area contributed by atoms with E-state index in [-0.39, 0.29) is 12.4 Å². The molecule has 0 spiro atoms. The van der Waals surface area contributed by atoms with Crippen molar-refractivity contribution in [1.82, 2.24) is 9.80 Å². The second-order valence-corrected chi connectivity index (χ2v) is 8.97. The number of Topliss-reactive ketones (excluding diaryl/α,β-unsaturated/α-hetero) is 1. The fraction of sp³-hybridized carbons (Fsp3) is 0.444. The van der Waals surface area contributed by atoms with E-state index in [9.17, 15) is 9.90 Å². The molecule has 1 N–H and O–H groups in total. The number of rotatable bonds is 10. The molecule has 1 unspecified atom stereocenters. The fourth-order valence-corrected chi connectivity index (χ4v) is 4.21. The van der Waals surface area contributed by atoms with Crippen molar-refractivity contribution >= 4 is 17.0 Å². The van der Waals surface area contributed by atoms with E-state index in [1.807, 2.05) is 25.1 Å². The Balaban J connectivity index is 1.54. The van der Waals surface area contributed by atoms with E-state index in [0.717, 1.165) is 31.7 Å². The molecule has 34 heavy (non-hydrogen) atoms. The molecule has 0 radical (unpaired) electrons. The molecule has 3 rings (SSSR count). The van der Waals surface area contributed by atoms with Crippen LogP contribution >= 0.6 is 0 Å². The van der Waals surface area contributed by atoms with Crippen molar-refractivity contribution in [1.29, 1.82) is 0 Å². The summed E-state index contributed by atoms with van der Waals surface area (Å²) in [5.41, 5.74) is 3.93. The molecule has 2 aromatic carbocycles. The van der Waals surface area contributed by atoms with Gasteiger partial charge in [-0.25, -0.2) is 0 Å². The number of hydrogen-bond donors (Lipinski definition) is 1. The van der Waals surface area contributed by atoms with E-state index in [4.69, 9.17) is 9.47 Å². The predicted molar refractivity (Wildman–Crippen MR) is 137 cm³/mol. The minimum Gasteiger partial charge on any atom is -0.493 e. The third-order valence-electron chi connectivity index (χ3n) is 5.97. The number of carbonyl (C=O) groups excluding carboxylic acids is 1. The SMILES string of the molecule is COc1cc(C(=CN(C)C)C(C)=O)ccc1OCC(O)CN1CCN(c2ccccc2C)CC1. The number of aliphatic hydroxyl groups is 1. The molecular formula is C27H37N3O4. The standard InChI is InChI=1S/C27H37N3O4/c1-20-8-6-7-9-25(20)30-14-12-29(13-15-30)17-23(32)19-34-26-11-10-22(16-27(26)33-5)24(21(2)31)18-28(3)4/h6-11,16,18,23,32H,12-15,17,19H2,1-5H3. The lowest BCUT2D eigenvalue weighted by Gasteiger charge is -2.37. The molecule has 1 heterocycles. The van der Waals surface area contributed by atoms with E-state index >= 15 is 0 Å². The van der Waals surface area contributed by atoms with Gasteiger partial charge in [0.15, 0.2) is 17.3 Å². The van der Waals surface area contributed by atoms with Gasteiger partial charge in [0.2, 0.25) is 0 Å². The predicted octanol–water partition coefficient (Wildman–Crippen LogP) is 3.06. The van der Waals surface area contributed by atoms with Gasteiger partial charge in [-0.1, -0.05) is 24.3 Å². The van der Waals surface area contributed by atoms with Crippen LogP contribution in [0.5, 0.6) is 11.5 Å². The average molecular weight is 468 g/mol. The third-order valence-corrected chi connectivity index (χ3v) is 5.97. The quantitative estimate of drug-likeness (QED) is 0.539. The number of allylic oxidation sites excluding steroid dienone is 1. The minimum atomic E-state index is -0.615. The van der Waals surface area contributed by atoms with Gasteiger partial charge in [0.25, 0.3) is 0 Å². The van der Waals surface area contributed by atoms with E-state index in [1.165, 1.54) is 11.3 Å². The van der Waals surface area contributed by atoms with Crippen molar-refractivity contribution in [3.63, 3.8) is 0 Å². The number of aliphatic hydroxyl groups excluding tert-OH is 1. The van der Waals surface area contributed by atoms with Crippen LogP contribution in [-0.2, 0) is 4.79 Å². The first-order valence-electron chi connectivity index (χ1n) is 11.7. The van der Waals surface area contributed by atoms with Gasteiger partial charge in [-0.15, -0.1) is 0 Å². The molecule has 0 bridgehead atoms. The van der Waals surface area contributed by atoms with Crippen molar-refractivity contribution in [3.8, 4) is 11.5 Å². The number of para-hydroxylation sites is 1. The number of carbonyl (C=O) groups is 1. The lowest BCUT2D eigenvalue weighted by Crippen LogP contribution is -2.49. The number of hydrogen-bond acceptors (Lipinski definition) is 7. The van der Waals surface area contributed by atoms with Crippen LogP contribution < -0.4 is 14.4 Å². The van der Waals surface area contributed by atoms with Crippen molar-refractivity contribution in [2.24, 2.45) is 0 Å². The first-order chi connectivity index (χ1) is 16.3. The molecule has 1 atom stereocenters. The van der Waals surface area contributed by atoms with Gasteiger partial charge in [0.05, 0.1) is 7.11 Å². The zero-order valence-corrected chi connectivity index (χ0v) is 21.0. The summed E-state index contributed by atoms with van der Waals surface area (Å²) in [5, 5.41) is 10.6. The summed E-state index contributed by atoms with van der Waals surface area (Å²) >= 11 is 0. The van der Waals surface area contributed by atoms with Crippen LogP contribution in [0.3, 0.4) is 0 Å². The molecule has 2 aromatic rings. The third kappa shape index (κ3) is 6.74. The highest BCUT2D eigenvalue weighted by molar-refractivity contribution is 6.19. The molecule has 0 amide bonds. The summed E-state index contributed by atoms with van der Waals surface area (Å²) in [7, 11) is 5.32. The highest BCUT2D eigenvalue weighted by atomic mass is 16.5. The van der Waals surface area contributed by atoms with Gasteiger partial charge in [-0.05, 0) is 43.2 Å². The summed E-state index contributed by atoms with van der Waals surface area (Å²) in [6, 6.07) is 13.9. The molecular weight excluding hydrogens is 430 g/mol. The van der Waals surface area contributed by atoms with Crippen molar-refractivity contribution < 1.29 is 19.4 Å². The molecule has 7 heteroatoms. The maximum atomic E-state index is 12.1. The van der Waals surface area contributed by atoms with Crippen molar-refractivity contribution in [2.45, 2.75) is 20.0 Å². The number of anilines is 1. The number of piperazine rings is 1. The van der Waals surface area contributed by atoms with Gasteiger partial charge in [-0.2, -0.15) is 0 Å². The molecule has 0 aliphatic carbocycles. The summed E-state index contributed by atoms with van der Waals surface area (Å²) in [4.78, 5) is 18.6. The molecule has 7 nitrogen and oxygen atoms in total. The molecule has 1 saturated heterocycles. The Morgan fingerprint density at radius 3 is 2.44 bits per heavy atom. The first-order valence-corrected chi connectivity index (χ1v) is 11.7. The van der Waals surface area contributed by atoms with E-state index < -0.39 is 6.10 Å². The first kappa shape index (κ1) is 25.6. The van der Waals surface area contributed by atoms with Crippen LogP contribution in [0, 0.1) is 6.92 Å². The lowest BCUT2D eigenvalue weighted by molar-refractivity contribution is -0.111. The Morgan fingerprint density at radius 2 is 1.82 bits per heavy atom. The molecule has 1 fully saturated rings. The zero-order chi connectivity index (χ0) is 24.7. The van der Waals surface area contributed by atoms with Gasteiger partial charge < -0.3 is 24.4 Å². The smallest absolute Gasteiger partial charge is 0.161 e. The monoisotopic (exact) mass is 467 g/mol. The summed E-state index contributed by atoms with van der Waals surface area (Å²) < 4.78 is 11.4. The van der Waals surface area contributed by atoms with E-state index in [1.54, 1.807) is 32.4 Å². The topological polar surface area (TPSA) is 65.5 Å². The number of methoxy groups -OCH3 is 1. The summed E-state index contributed by atoms with van der Waals surface area (Å²) in [5.74, 6) is 1.05. The van der Waals surface area contributed by atoms with Crippen LogP contribution in [0.25, 0.3) is 5.57 Å². The molecule has 184 valence electrons. The number of ether oxygens (including phenoxy) is 2. The van der Waals surface area contributed by atoms with E-state index in [2.05, 4.69) is 41.0 Å². The van der Waals surface area contributed by atoms with Crippen LogP contribution in [0.1, 0.15) is 18.1 Å². The van der Waals surface area contributed by atoms with Crippen molar-refractivity contribution in [3.05, 3.63) is 59.8 Å². The zero-order valence-electron chi connectivity index (χ0n) is 21.0. The Hall–Kier alpha value is -3.03. The van der Waals surface area contributed by atoms with Crippen LogP contribution in [-0.4, -0.2) is 87.3 Å². The number of nitrogens with zero attached hydrogens (tertiary/aromatic N) is 3. The number of aryl methyl sites for hydroxylation is 1. The second-order valence-electron chi connectivity index (χ2n) is 8.97.